The molecule has 0 atom stereocenters. The van der Waals surface area contributed by atoms with Crippen molar-refractivity contribution < 1.29 is 27.8 Å². The van der Waals surface area contributed by atoms with Crippen LogP contribution in [0.3, 0.4) is 0 Å². The number of nitrogens with one attached hydrogen (secondary N) is 1. The van der Waals surface area contributed by atoms with Crippen LogP contribution >= 0.6 is 0 Å². The monoisotopic (exact) mass is 423 g/mol. The van der Waals surface area contributed by atoms with E-state index in [9.17, 15) is 18.3 Å². The van der Waals surface area contributed by atoms with Crippen LogP contribution in [0, 0.1) is 19.8 Å². The maximum Gasteiger partial charge on any atom is 0.339 e. The fourth-order valence-corrected chi connectivity index (χ4v) is 4.36. The molecule has 2 heterocycles. The number of hydrogen-bond acceptors (Lipinski definition) is 6. The molecule has 2 aromatic rings. The molecule has 0 radical (unpaired) electrons. The van der Waals surface area contributed by atoms with Gasteiger partial charge >= 0.3 is 5.97 Å². The molecule has 1 aromatic carbocycles. The fourth-order valence-electron chi connectivity index (χ4n) is 3.18. The summed E-state index contributed by atoms with van der Waals surface area (Å²) in [4.78, 5) is 11.5. The summed E-state index contributed by atoms with van der Waals surface area (Å²) in [7, 11) is -2.37. The maximum absolute atomic E-state index is 12.8. The highest BCUT2D eigenvalue weighted by molar-refractivity contribution is 7.92. The van der Waals surface area contributed by atoms with Crippen LogP contribution in [0.4, 0.5) is 5.82 Å². The summed E-state index contributed by atoms with van der Waals surface area (Å²) in [5, 5.41) is 13.7. The van der Waals surface area contributed by atoms with E-state index in [0.29, 0.717) is 36.9 Å². The van der Waals surface area contributed by atoms with E-state index in [0.717, 1.165) is 18.9 Å². The van der Waals surface area contributed by atoms with E-state index >= 15 is 0 Å². The van der Waals surface area contributed by atoms with Crippen molar-refractivity contribution in [2.24, 2.45) is 13.0 Å². The molecule has 0 spiro atoms. The van der Waals surface area contributed by atoms with Crippen molar-refractivity contribution in [2.75, 3.05) is 24.5 Å². The van der Waals surface area contributed by atoms with Crippen molar-refractivity contribution in [1.29, 1.82) is 0 Å². The lowest BCUT2D eigenvalue weighted by atomic mass is 10.0. The number of carbonyl (C=O) groups is 1. The molecule has 0 unspecified atom stereocenters. The van der Waals surface area contributed by atoms with E-state index in [1.807, 2.05) is 0 Å². The molecular weight excluding hydrogens is 398 g/mol. The molecule has 2 N–H and O–H groups in total. The first-order chi connectivity index (χ1) is 13.7. The number of aryl methyl sites for hydroxylation is 2. The second-order valence-electron chi connectivity index (χ2n) is 7.12. The summed E-state index contributed by atoms with van der Waals surface area (Å²) in [6.07, 6.45) is 1.70. The second kappa shape index (κ2) is 8.42. The van der Waals surface area contributed by atoms with Crippen LogP contribution in [-0.4, -0.2) is 49.1 Å². The highest BCUT2D eigenvalue weighted by Crippen LogP contribution is 2.27. The van der Waals surface area contributed by atoms with Crippen LogP contribution < -0.4 is 9.46 Å². The van der Waals surface area contributed by atoms with Gasteiger partial charge in [0.15, 0.2) is 0 Å². The topological polar surface area (TPSA) is 120 Å². The number of sulfonamides is 1. The van der Waals surface area contributed by atoms with Crippen LogP contribution in [0.2, 0.25) is 0 Å². The lowest BCUT2D eigenvalue weighted by Gasteiger charge is -2.22. The molecule has 158 valence electrons. The van der Waals surface area contributed by atoms with Crippen molar-refractivity contribution >= 4 is 21.8 Å². The normalized spacial score (nSPS) is 15.3. The zero-order valence-corrected chi connectivity index (χ0v) is 17.5. The van der Waals surface area contributed by atoms with Gasteiger partial charge in [0.05, 0.1) is 17.2 Å². The first kappa shape index (κ1) is 21.1. The number of nitrogens with zero attached hydrogens (tertiary/aromatic N) is 2. The van der Waals surface area contributed by atoms with E-state index in [2.05, 4.69) is 9.82 Å². The Morgan fingerprint density at radius 2 is 2.03 bits per heavy atom. The molecule has 10 heteroatoms. The molecular formula is C19H25N3O6S. The van der Waals surface area contributed by atoms with Gasteiger partial charge in [-0.25, -0.2) is 13.2 Å². The summed E-state index contributed by atoms with van der Waals surface area (Å²) in [5.41, 5.74) is 1.21. The van der Waals surface area contributed by atoms with Gasteiger partial charge < -0.3 is 14.6 Å². The molecule has 29 heavy (non-hydrogen) atoms. The Hall–Kier alpha value is -2.59. The average Bonchev–Trinajstić information content (AvgIpc) is 2.92. The Labute approximate surface area is 169 Å². The van der Waals surface area contributed by atoms with Crippen molar-refractivity contribution in [1.82, 2.24) is 9.78 Å². The maximum atomic E-state index is 12.8. The fraction of sp³-hybridized carbons (Fsp3) is 0.474. The highest BCUT2D eigenvalue weighted by atomic mass is 32.2. The van der Waals surface area contributed by atoms with Gasteiger partial charge in [0.25, 0.3) is 10.0 Å². The molecule has 1 saturated heterocycles. The van der Waals surface area contributed by atoms with Gasteiger partial charge in [-0.3, -0.25) is 9.40 Å². The highest BCUT2D eigenvalue weighted by Gasteiger charge is 2.23. The second-order valence-corrected chi connectivity index (χ2v) is 8.80. The van der Waals surface area contributed by atoms with Crippen molar-refractivity contribution in [3.05, 3.63) is 35.0 Å². The number of ether oxygens (including phenoxy) is 2. The number of rotatable bonds is 7. The lowest BCUT2D eigenvalue weighted by molar-refractivity contribution is 0.0490. The van der Waals surface area contributed by atoms with E-state index in [-0.39, 0.29) is 22.1 Å². The van der Waals surface area contributed by atoms with Crippen LogP contribution in [0.15, 0.2) is 23.1 Å². The molecule has 1 aliphatic rings. The van der Waals surface area contributed by atoms with Crippen LogP contribution in [0.1, 0.15) is 34.5 Å². The smallest absolute Gasteiger partial charge is 0.339 e. The Kier molecular flexibility index (Phi) is 6.13. The number of anilines is 1. The number of hydrogen-bond donors (Lipinski definition) is 2. The molecule has 0 amide bonds. The summed E-state index contributed by atoms with van der Waals surface area (Å²) in [5.74, 6) is -0.488. The van der Waals surface area contributed by atoms with Gasteiger partial charge in [-0.05, 0) is 50.8 Å². The number of benzene rings is 1. The van der Waals surface area contributed by atoms with Crippen molar-refractivity contribution in [3.63, 3.8) is 0 Å². The molecule has 0 saturated carbocycles. The third kappa shape index (κ3) is 4.70. The zero-order valence-electron chi connectivity index (χ0n) is 16.6. The third-order valence-electron chi connectivity index (χ3n) is 5.06. The average molecular weight is 423 g/mol. The van der Waals surface area contributed by atoms with Crippen molar-refractivity contribution in [3.8, 4) is 5.75 Å². The van der Waals surface area contributed by atoms with Gasteiger partial charge in [-0.2, -0.15) is 5.10 Å². The molecule has 9 nitrogen and oxygen atoms in total. The minimum absolute atomic E-state index is 0.149. The van der Waals surface area contributed by atoms with Gasteiger partial charge in [0.2, 0.25) is 0 Å². The minimum atomic E-state index is -4.00. The molecule has 1 aromatic heterocycles. The van der Waals surface area contributed by atoms with Crippen LogP contribution in [0.5, 0.6) is 5.75 Å². The number of aromatic nitrogens is 2. The third-order valence-corrected chi connectivity index (χ3v) is 6.40. The number of carboxylic acids is 1. The molecule has 3 rings (SSSR count). The first-order valence-electron chi connectivity index (χ1n) is 9.30. The first-order valence-corrected chi connectivity index (χ1v) is 10.8. The van der Waals surface area contributed by atoms with E-state index < -0.39 is 16.0 Å². The summed E-state index contributed by atoms with van der Waals surface area (Å²) < 4.78 is 40.5. The summed E-state index contributed by atoms with van der Waals surface area (Å²) in [6.45, 7) is 5.23. The molecule has 0 bridgehead atoms. The van der Waals surface area contributed by atoms with Gasteiger partial charge in [-0.1, -0.05) is 0 Å². The van der Waals surface area contributed by atoms with Gasteiger partial charge in [0.1, 0.15) is 17.1 Å². The predicted molar refractivity (Wildman–Crippen MR) is 106 cm³/mol. The van der Waals surface area contributed by atoms with Crippen LogP contribution in [-0.2, 0) is 21.8 Å². The van der Waals surface area contributed by atoms with Gasteiger partial charge in [-0.15, -0.1) is 0 Å². The lowest BCUT2D eigenvalue weighted by Crippen LogP contribution is -2.22. The molecule has 1 fully saturated rings. The standard InChI is InChI=1S/C19H25N3O6S/c1-12-13(2)20-22(3)18(12)21-29(25,26)15-4-5-17(16(10-15)19(23)24)28-11-14-6-8-27-9-7-14/h4-5,10,14,21H,6-9,11H2,1-3H3,(H,23,24). The summed E-state index contributed by atoms with van der Waals surface area (Å²) in [6, 6.07) is 3.84. The quantitative estimate of drug-likeness (QED) is 0.701. The Morgan fingerprint density at radius 3 is 2.62 bits per heavy atom. The SMILES string of the molecule is Cc1nn(C)c(NS(=O)(=O)c2ccc(OCC3CCOCC3)c(C(=O)O)c2)c1C. The zero-order chi connectivity index (χ0) is 21.2. The Bertz CT molecular complexity index is 1010. The van der Waals surface area contributed by atoms with E-state index in [4.69, 9.17) is 9.47 Å². The van der Waals surface area contributed by atoms with E-state index in [1.54, 1.807) is 20.9 Å². The molecule has 0 aliphatic carbocycles. The van der Waals surface area contributed by atoms with Crippen molar-refractivity contribution in [2.45, 2.75) is 31.6 Å². The number of carboxylic acid groups (broad SMARTS) is 1. The Morgan fingerprint density at radius 1 is 1.34 bits per heavy atom. The van der Waals surface area contributed by atoms with E-state index in [1.165, 1.54) is 16.8 Å². The summed E-state index contributed by atoms with van der Waals surface area (Å²) >= 11 is 0. The van der Waals surface area contributed by atoms with Crippen LogP contribution in [0.25, 0.3) is 0 Å². The Balaban J connectivity index is 1.83. The predicted octanol–water partition coefficient (Wildman–Crippen LogP) is 2.34. The molecule has 1 aliphatic heterocycles. The number of aromatic carboxylic acids is 1. The van der Waals surface area contributed by atoms with Gasteiger partial charge in [0, 0.05) is 25.8 Å². The largest absolute Gasteiger partial charge is 0.492 e. The minimum Gasteiger partial charge on any atom is -0.492 e.